The van der Waals surface area contributed by atoms with Crippen LogP contribution in [0.4, 0.5) is 5.69 Å². The topological polar surface area (TPSA) is 38.5 Å². The highest BCUT2D eigenvalue weighted by atomic mass is 16.5. The molecule has 0 radical (unpaired) electrons. The van der Waals surface area contributed by atoms with E-state index in [1.807, 2.05) is 61.5 Å². The number of para-hydroxylation sites is 2. The van der Waals surface area contributed by atoms with E-state index in [0.29, 0.717) is 5.89 Å². The Hall–Kier alpha value is -2.49. The molecule has 20 heavy (non-hydrogen) atoms. The number of aromatic nitrogens is 1. The Morgan fingerprint density at radius 2 is 1.90 bits per heavy atom. The lowest BCUT2D eigenvalue weighted by molar-refractivity contribution is 0.415. The van der Waals surface area contributed by atoms with Crippen LogP contribution in [0.3, 0.4) is 0 Å². The first-order valence-electron chi connectivity index (χ1n) is 6.40. The first-order valence-corrected chi connectivity index (χ1v) is 6.40. The molecule has 102 valence electrons. The highest BCUT2D eigenvalue weighted by Gasteiger charge is 2.13. The van der Waals surface area contributed by atoms with Crippen molar-refractivity contribution in [1.82, 2.24) is 4.98 Å². The Balaban J connectivity index is 2.13. The van der Waals surface area contributed by atoms with E-state index in [1.54, 1.807) is 7.11 Å². The van der Waals surface area contributed by atoms with Crippen molar-refractivity contribution >= 4 is 16.8 Å². The van der Waals surface area contributed by atoms with Crippen LogP contribution in [0, 0.1) is 0 Å². The average molecular weight is 268 g/mol. The lowest BCUT2D eigenvalue weighted by Crippen LogP contribution is -2.08. The minimum Gasteiger partial charge on any atom is -0.496 e. The number of oxazole rings is 1. The molecule has 0 aliphatic rings. The summed E-state index contributed by atoms with van der Waals surface area (Å²) >= 11 is 0. The van der Waals surface area contributed by atoms with E-state index in [1.165, 1.54) is 0 Å². The van der Waals surface area contributed by atoms with E-state index in [-0.39, 0.29) is 0 Å². The zero-order chi connectivity index (χ0) is 14.1. The summed E-state index contributed by atoms with van der Waals surface area (Å²) in [7, 11) is 5.64. The number of fused-ring (bicyclic) bond motifs is 1. The highest BCUT2D eigenvalue weighted by molar-refractivity contribution is 5.78. The number of anilines is 1. The van der Waals surface area contributed by atoms with Gasteiger partial charge in [0.1, 0.15) is 11.3 Å². The van der Waals surface area contributed by atoms with Crippen molar-refractivity contribution < 1.29 is 9.15 Å². The Labute approximate surface area is 117 Å². The van der Waals surface area contributed by atoms with Gasteiger partial charge in [0.25, 0.3) is 0 Å². The second-order valence-electron chi connectivity index (χ2n) is 4.77. The normalized spacial score (nSPS) is 10.8. The molecule has 4 heteroatoms. The van der Waals surface area contributed by atoms with Crippen molar-refractivity contribution in [2.24, 2.45) is 0 Å². The molecule has 0 unspecified atom stereocenters. The van der Waals surface area contributed by atoms with Crippen molar-refractivity contribution in [3.63, 3.8) is 0 Å². The fraction of sp³-hybridized carbons (Fsp3) is 0.188. The van der Waals surface area contributed by atoms with Gasteiger partial charge in [-0.25, -0.2) is 4.98 Å². The molecule has 4 nitrogen and oxygen atoms in total. The number of hydrogen-bond acceptors (Lipinski definition) is 4. The second-order valence-corrected chi connectivity index (χ2v) is 4.77. The van der Waals surface area contributed by atoms with E-state index >= 15 is 0 Å². The van der Waals surface area contributed by atoms with Crippen LogP contribution >= 0.6 is 0 Å². The zero-order valence-electron chi connectivity index (χ0n) is 11.8. The van der Waals surface area contributed by atoms with Crippen LogP contribution in [0.2, 0.25) is 0 Å². The minimum absolute atomic E-state index is 0.577. The standard InChI is InChI=1S/C16H16N2O2/c1-18(2)11-8-9-12(15(10-11)19-3)16-17-13-6-4-5-7-14(13)20-16/h4-10H,1-3H3. The second kappa shape index (κ2) is 4.89. The lowest BCUT2D eigenvalue weighted by atomic mass is 10.1. The van der Waals surface area contributed by atoms with Gasteiger partial charge in [-0.05, 0) is 24.3 Å². The molecule has 3 aromatic rings. The Morgan fingerprint density at radius 1 is 1.10 bits per heavy atom. The fourth-order valence-electron chi connectivity index (χ4n) is 2.12. The molecule has 0 saturated carbocycles. The highest BCUT2D eigenvalue weighted by Crippen LogP contribution is 2.34. The maximum absolute atomic E-state index is 5.79. The molecule has 0 fully saturated rings. The molecule has 0 spiro atoms. The van der Waals surface area contributed by atoms with Gasteiger partial charge in [0.05, 0.1) is 12.7 Å². The first-order chi connectivity index (χ1) is 9.69. The van der Waals surface area contributed by atoms with Crippen LogP contribution in [-0.2, 0) is 0 Å². The predicted molar refractivity (Wildman–Crippen MR) is 80.3 cm³/mol. The Morgan fingerprint density at radius 3 is 2.60 bits per heavy atom. The van der Waals surface area contributed by atoms with Crippen LogP contribution in [-0.4, -0.2) is 26.2 Å². The van der Waals surface area contributed by atoms with Crippen molar-refractivity contribution in [3.05, 3.63) is 42.5 Å². The third kappa shape index (κ3) is 2.09. The number of methoxy groups -OCH3 is 1. The molecule has 0 N–H and O–H groups in total. The van der Waals surface area contributed by atoms with E-state index in [2.05, 4.69) is 4.98 Å². The smallest absolute Gasteiger partial charge is 0.231 e. The molecule has 2 aromatic carbocycles. The van der Waals surface area contributed by atoms with Gasteiger partial charge in [0.15, 0.2) is 5.58 Å². The third-order valence-electron chi connectivity index (χ3n) is 3.23. The molecule has 0 amide bonds. The van der Waals surface area contributed by atoms with Crippen molar-refractivity contribution in [3.8, 4) is 17.2 Å². The van der Waals surface area contributed by atoms with E-state index in [4.69, 9.17) is 9.15 Å². The van der Waals surface area contributed by atoms with Crippen LogP contribution in [0.5, 0.6) is 5.75 Å². The molecule has 0 bridgehead atoms. The number of nitrogens with zero attached hydrogens (tertiary/aromatic N) is 2. The van der Waals surface area contributed by atoms with Gasteiger partial charge in [0, 0.05) is 25.8 Å². The van der Waals surface area contributed by atoms with Crippen molar-refractivity contribution in [1.29, 1.82) is 0 Å². The van der Waals surface area contributed by atoms with Crippen LogP contribution in [0.25, 0.3) is 22.6 Å². The monoisotopic (exact) mass is 268 g/mol. The molecule has 1 aromatic heterocycles. The number of ether oxygens (including phenoxy) is 1. The number of hydrogen-bond donors (Lipinski definition) is 0. The van der Waals surface area contributed by atoms with E-state index < -0.39 is 0 Å². The summed E-state index contributed by atoms with van der Waals surface area (Å²) in [6.07, 6.45) is 0. The molecule has 0 atom stereocenters. The van der Waals surface area contributed by atoms with Gasteiger partial charge in [0.2, 0.25) is 5.89 Å². The SMILES string of the molecule is COc1cc(N(C)C)ccc1-c1nc2ccccc2o1. The lowest BCUT2D eigenvalue weighted by Gasteiger charge is -2.14. The van der Waals surface area contributed by atoms with E-state index in [0.717, 1.165) is 28.1 Å². The van der Waals surface area contributed by atoms with Gasteiger partial charge < -0.3 is 14.1 Å². The predicted octanol–water partition coefficient (Wildman–Crippen LogP) is 3.57. The average Bonchev–Trinajstić information content (AvgIpc) is 2.90. The number of benzene rings is 2. The summed E-state index contributed by atoms with van der Waals surface area (Å²) in [6.45, 7) is 0. The van der Waals surface area contributed by atoms with Gasteiger partial charge in [-0.15, -0.1) is 0 Å². The molecule has 0 aliphatic carbocycles. The number of rotatable bonds is 3. The van der Waals surface area contributed by atoms with Crippen LogP contribution in [0.15, 0.2) is 46.9 Å². The molecular formula is C16H16N2O2. The molecule has 3 rings (SSSR count). The van der Waals surface area contributed by atoms with Crippen LogP contribution < -0.4 is 9.64 Å². The quantitative estimate of drug-likeness (QED) is 0.728. The Bertz CT molecular complexity index is 714. The van der Waals surface area contributed by atoms with E-state index in [9.17, 15) is 0 Å². The zero-order valence-corrected chi connectivity index (χ0v) is 11.8. The first kappa shape index (κ1) is 12.5. The largest absolute Gasteiger partial charge is 0.496 e. The van der Waals surface area contributed by atoms with Gasteiger partial charge in [-0.1, -0.05) is 12.1 Å². The van der Waals surface area contributed by atoms with Crippen LogP contribution in [0.1, 0.15) is 0 Å². The van der Waals surface area contributed by atoms with Gasteiger partial charge >= 0.3 is 0 Å². The fourth-order valence-corrected chi connectivity index (χ4v) is 2.12. The maximum Gasteiger partial charge on any atom is 0.231 e. The summed E-state index contributed by atoms with van der Waals surface area (Å²) in [6, 6.07) is 13.7. The Kier molecular flexibility index (Phi) is 3.06. The maximum atomic E-state index is 5.79. The summed E-state index contributed by atoms with van der Waals surface area (Å²) in [4.78, 5) is 6.53. The molecule has 0 aliphatic heterocycles. The van der Waals surface area contributed by atoms with Gasteiger partial charge in [-0.2, -0.15) is 0 Å². The summed E-state index contributed by atoms with van der Waals surface area (Å²) in [5, 5.41) is 0. The summed E-state index contributed by atoms with van der Waals surface area (Å²) in [5.74, 6) is 1.33. The minimum atomic E-state index is 0.577. The molecule has 0 saturated heterocycles. The third-order valence-corrected chi connectivity index (χ3v) is 3.23. The molecule has 1 heterocycles. The molecular weight excluding hydrogens is 252 g/mol. The summed E-state index contributed by atoms with van der Waals surface area (Å²) in [5.41, 5.74) is 3.55. The van der Waals surface area contributed by atoms with Crippen molar-refractivity contribution in [2.45, 2.75) is 0 Å². The van der Waals surface area contributed by atoms with Crippen molar-refractivity contribution in [2.75, 3.05) is 26.1 Å². The van der Waals surface area contributed by atoms with Gasteiger partial charge in [-0.3, -0.25) is 0 Å². The summed E-state index contributed by atoms with van der Waals surface area (Å²) < 4.78 is 11.3.